The Labute approximate surface area is 159 Å². The fourth-order valence-corrected chi connectivity index (χ4v) is 3.39. The Balaban J connectivity index is 1.91. The summed E-state index contributed by atoms with van der Waals surface area (Å²) >= 11 is 1.33. The summed E-state index contributed by atoms with van der Waals surface area (Å²) in [5, 5.41) is 3.10. The number of ether oxygens (including phenoxy) is 1. The zero-order valence-electron chi connectivity index (χ0n) is 14.4. The Morgan fingerprint density at radius 1 is 1.37 bits per heavy atom. The van der Waals surface area contributed by atoms with Gasteiger partial charge in [-0.2, -0.15) is 0 Å². The van der Waals surface area contributed by atoms with Crippen molar-refractivity contribution in [3.63, 3.8) is 0 Å². The number of H-pyrrole nitrogens is 1. The van der Waals surface area contributed by atoms with Gasteiger partial charge < -0.3 is 20.8 Å². The molecule has 1 aromatic carbocycles. The van der Waals surface area contributed by atoms with E-state index in [9.17, 15) is 14.4 Å². The first-order valence-corrected chi connectivity index (χ1v) is 9.15. The molecule has 27 heavy (non-hydrogen) atoms. The summed E-state index contributed by atoms with van der Waals surface area (Å²) in [5.74, 6) is 0.140. The van der Waals surface area contributed by atoms with Crippen molar-refractivity contribution in [1.82, 2.24) is 9.97 Å². The van der Waals surface area contributed by atoms with Gasteiger partial charge >= 0.3 is 0 Å². The van der Waals surface area contributed by atoms with Crippen molar-refractivity contribution in [3.05, 3.63) is 58.4 Å². The van der Waals surface area contributed by atoms with Crippen LogP contribution in [-0.4, -0.2) is 34.1 Å². The van der Waals surface area contributed by atoms with Gasteiger partial charge in [0.1, 0.15) is 11.6 Å². The van der Waals surface area contributed by atoms with Crippen molar-refractivity contribution in [2.75, 3.05) is 17.7 Å². The lowest BCUT2D eigenvalue weighted by Crippen LogP contribution is -2.31. The first kappa shape index (κ1) is 18.7. The molecule has 0 spiro atoms. The second-order valence-electron chi connectivity index (χ2n) is 5.86. The fraction of sp³-hybridized carbons (Fsp3) is 0.222. The Bertz CT molecular complexity index is 939. The molecule has 0 saturated carbocycles. The monoisotopic (exact) mass is 386 g/mol. The third kappa shape index (κ3) is 4.37. The molecule has 9 heteroatoms. The quantitative estimate of drug-likeness (QED) is 0.375. The van der Waals surface area contributed by atoms with E-state index < -0.39 is 11.8 Å². The summed E-state index contributed by atoms with van der Waals surface area (Å²) in [6.07, 6.45) is 1.84. The first-order valence-electron chi connectivity index (χ1n) is 8.16. The molecule has 8 nitrogen and oxygen atoms in total. The van der Waals surface area contributed by atoms with E-state index in [1.54, 1.807) is 30.3 Å². The van der Waals surface area contributed by atoms with E-state index in [4.69, 9.17) is 10.5 Å². The van der Waals surface area contributed by atoms with Crippen LogP contribution in [0.15, 0.2) is 46.9 Å². The molecule has 0 saturated heterocycles. The van der Waals surface area contributed by atoms with Crippen molar-refractivity contribution in [2.24, 2.45) is 5.73 Å². The Morgan fingerprint density at radius 3 is 2.78 bits per heavy atom. The highest BCUT2D eigenvalue weighted by Gasteiger charge is 2.30. The van der Waals surface area contributed by atoms with Gasteiger partial charge in [0.25, 0.3) is 11.5 Å². The molecule has 1 aromatic heterocycles. The number of carbonyl (C=O) groups is 2. The molecule has 140 valence electrons. The zero-order chi connectivity index (χ0) is 19.4. The number of anilines is 1. The minimum atomic E-state index is -0.570. The Kier molecular flexibility index (Phi) is 5.60. The average Bonchev–Trinajstić information content (AvgIpc) is 2.64. The number of nitrogens with zero attached hydrogens (tertiary/aromatic N) is 1. The molecule has 1 atom stereocenters. The van der Waals surface area contributed by atoms with Crippen LogP contribution in [0.25, 0.3) is 0 Å². The summed E-state index contributed by atoms with van der Waals surface area (Å²) in [6.45, 7) is 3.41. The molecule has 2 heterocycles. The molecule has 0 bridgehead atoms. The van der Waals surface area contributed by atoms with E-state index in [1.165, 1.54) is 11.8 Å². The zero-order valence-corrected chi connectivity index (χ0v) is 15.2. The van der Waals surface area contributed by atoms with E-state index in [0.717, 1.165) is 5.56 Å². The predicted octanol–water partition coefficient (Wildman–Crippen LogP) is 1.39. The molecule has 2 aromatic rings. The molecule has 3 rings (SSSR count). The van der Waals surface area contributed by atoms with Crippen LogP contribution in [0.3, 0.4) is 0 Å². The second kappa shape index (κ2) is 8.09. The molecule has 0 unspecified atom stereocenters. The number of benzene rings is 1. The lowest BCUT2D eigenvalue weighted by molar-refractivity contribution is -0.120. The van der Waals surface area contributed by atoms with E-state index >= 15 is 0 Å². The van der Waals surface area contributed by atoms with Gasteiger partial charge in [0.2, 0.25) is 5.91 Å². The Morgan fingerprint density at radius 2 is 2.11 bits per heavy atom. The Hall–Kier alpha value is -3.07. The van der Waals surface area contributed by atoms with Gasteiger partial charge in [0, 0.05) is 18.1 Å². The standard InChI is InChI=1S/C18H18N4O4S/c1-2-7-27-18-21-16-15(17(25)22-18)12(8-14(24)20-16)10-3-5-11(6-4-10)26-9-13(19)23/h2-6,12H,1,7-9H2,(H2,19,23)(H2,20,21,22,24,25)/t12-/m0/s1. The number of amides is 2. The van der Waals surface area contributed by atoms with Crippen LogP contribution in [0.4, 0.5) is 5.82 Å². The van der Waals surface area contributed by atoms with Gasteiger partial charge in [-0.25, -0.2) is 4.98 Å². The number of thioether (sulfide) groups is 1. The van der Waals surface area contributed by atoms with Crippen LogP contribution in [-0.2, 0) is 9.59 Å². The molecule has 1 aliphatic heterocycles. The van der Waals surface area contributed by atoms with Crippen LogP contribution in [0.5, 0.6) is 5.75 Å². The summed E-state index contributed by atoms with van der Waals surface area (Å²) in [7, 11) is 0. The van der Waals surface area contributed by atoms with Crippen LogP contribution in [0.2, 0.25) is 0 Å². The molecular weight excluding hydrogens is 368 g/mol. The minimum absolute atomic E-state index is 0.137. The summed E-state index contributed by atoms with van der Waals surface area (Å²) < 4.78 is 5.23. The van der Waals surface area contributed by atoms with Gasteiger partial charge in [-0.15, -0.1) is 6.58 Å². The number of hydrogen-bond donors (Lipinski definition) is 3. The van der Waals surface area contributed by atoms with Gasteiger partial charge in [0.15, 0.2) is 11.8 Å². The van der Waals surface area contributed by atoms with Gasteiger partial charge in [0.05, 0.1) is 5.56 Å². The number of nitrogens with one attached hydrogen (secondary N) is 2. The number of fused-ring (bicyclic) bond motifs is 1. The maximum atomic E-state index is 12.6. The number of carbonyl (C=O) groups excluding carboxylic acids is 2. The maximum absolute atomic E-state index is 12.6. The summed E-state index contributed by atoms with van der Waals surface area (Å²) in [4.78, 5) is 42.6. The maximum Gasteiger partial charge on any atom is 0.257 e. The first-order chi connectivity index (χ1) is 13.0. The van der Waals surface area contributed by atoms with Crippen LogP contribution < -0.4 is 21.3 Å². The lowest BCUT2D eigenvalue weighted by atomic mass is 9.87. The fourth-order valence-electron chi connectivity index (χ4n) is 2.79. The highest BCUT2D eigenvalue weighted by molar-refractivity contribution is 7.99. The van der Waals surface area contributed by atoms with E-state index in [1.807, 2.05) is 0 Å². The number of aromatic amines is 1. The smallest absolute Gasteiger partial charge is 0.257 e. The lowest BCUT2D eigenvalue weighted by Gasteiger charge is -2.24. The number of rotatable bonds is 7. The molecular formula is C18H18N4O4S. The van der Waals surface area contributed by atoms with Gasteiger partial charge in [-0.1, -0.05) is 30.0 Å². The predicted molar refractivity (Wildman–Crippen MR) is 102 cm³/mol. The number of primary amides is 1. The van der Waals surface area contributed by atoms with Gasteiger partial charge in [-0.05, 0) is 17.7 Å². The third-order valence-corrected chi connectivity index (χ3v) is 4.80. The van der Waals surface area contributed by atoms with E-state index in [2.05, 4.69) is 21.9 Å². The van der Waals surface area contributed by atoms with Crippen molar-refractivity contribution < 1.29 is 14.3 Å². The van der Waals surface area contributed by atoms with Crippen LogP contribution in [0, 0.1) is 0 Å². The van der Waals surface area contributed by atoms with Crippen molar-refractivity contribution >= 4 is 29.4 Å². The minimum Gasteiger partial charge on any atom is -0.484 e. The van der Waals surface area contributed by atoms with Crippen LogP contribution >= 0.6 is 11.8 Å². The number of nitrogens with two attached hydrogens (primary N) is 1. The molecule has 1 aliphatic rings. The molecule has 2 amide bonds. The van der Waals surface area contributed by atoms with E-state index in [0.29, 0.717) is 22.2 Å². The third-order valence-electron chi connectivity index (χ3n) is 3.93. The number of aromatic nitrogens is 2. The molecule has 0 aliphatic carbocycles. The number of hydrogen-bond acceptors (Lipinski definition) is 6. The highest BCUT2D eigenvalue weighted by Crippen LogP contribution is 2.35. The van der Waals surface area contributed by atoms with Gasteiger partial charge in [-0.3, -0.25) is 14.4 Å². The van der Waals surface area contributed by atoms with Crippen molar-refractivity contribution in [3.8, 4) is 5.75 Å². The SMILES string of the molecule is C=CCSc1nc2c(c(=O)[nH]1)[C@H](c1ccc(OCC(N)=O)cc1)CC(=O)N2. The highest BCUT2D eigenvalue weighted by atomic mass is 32.2. The summed E-state index contributed by atoms with van der Waals surface area (Å²) in [5.41, 5.74) is 5.96. The van der Waals surface area contributed by atoms with Crippen molar-refractivity contribution in [1.29, 1.82) is 0 Å². The summed E-state index contributed by atoms with van der Waals surface area (Å²) in [6, 6.07) is 6.84. The normalized spacial score (nSPS) is 15.6. The largest absolute Gasteiger partial charge is 0.484 e. The average molecular weight is 386 g/mol. The molecule has 4 N–H and O–H groups in total. The topological polar surface area (TPSA) is 127 Å². The van der Waals surface area contributed by atoms with Crippen molar-refractivity contribution in [2.45, 2.75) is 17.5 Å². The van der Waals surface area contributed by atoms with Crippen LogP contribution in [0.1, 0.15) is 23.5 Å². The second-order valence-corrected chi connectivity index (χ2v) is 6.87. The molecule has 0 radical (unpaired) electrons. The van der Waals surface area contributed by atoms with E-state index in [-0.39, 0.29) is 30.3 Å². The molecule has 0 fully saturated rings.